The number of hydrogen-bond acceptors (Lipinski definition) is 5. The summed E-state index contributed by atoms with van der Waals surface area (Å²) in [6.45, 7) is 1.70. The van der Waals surface area contributed by atoms with Crippen LogP contribution < -0.4 is 10.0 Å². The van der Waals surface area contributed by atoms with Crippen LogP contribution in [0.25, 0.3) is 0 Å². The van der Waals surface area contributed by atoms with Crippen molar-refractivity contribution in [3.05, 3.63) is 65.7 Å². The Kier molecular flexibility index (Phi) is 6.44. The lowest BCUT2D eigenvalue weighted by molar-refractivity contribution is -0.134. The van der Waals surface area contributed by atoms with Crippen molar-refractivity contribution in [1.29, 1.82) is 0 Å². The first-order valence-corrected chi connectivity index (χ1v) is 13.9. The summed E-state index contributed by atoms with van der Waals surface area (Å²) in [6.07, 6.45) is 5.91. The zero-order valence-corrected chi connectivity index (χ0v) is 20.7. The summed E-state index contributed by atoms with van der Waals surface area (Å²) in [5.74, 6) is 1.07. The SMILES string of the molecule is C[C@@H](OC(=O)c1cccc(S(=O)(=O)NCc2ccccc2)c1)C(=O)NC12CC3CC(CC(C3)C1)C2. The number of amides is 1. The zero-order valence-electron chi connectivity index (χ0n) is 19.9. The number of ether oxygens (including phenoxy) is 1. The summed E-state index contributed by atoms with van der Waals surface area (Å²) in [5.41, 5.74) is 0.748. The average Bonchev–Trinajstić information content (AvgIpc) is 2.82. The summed E-state index contributed by atoms with van der Waals surface area (Å²) in [6, 6.07) is 14.9. The third kappa shape index (κ3) is 5.28. The van der Waals surface area contributed by atoms with Gasteiger partial charge in [0.25, 0.3) is 5.91 Å². The highest BCUT2D eigenvalue weighted by atomic mass is 32.2. The van der Waals surface area contributed by atoms with E-state index in [2.05, 4.69) is 10.0 Å². The molecule has 0 radical (unpaired) electrons. The predicted octanol–water partition coefficient (Wildman–Crippen LogP) is 3.80. The van der Waals surface area contributed by atoms with E-state index in [-0.39, 0.29) is 28.4 Å². The first-order chi connectivity index (χ1) is 16.7. The van der Waals surface area contributed by atoms with Crippen LogP contribution in [-0.2, 0) is 26.1 Å². The minimum Gasteiger partial charge on any atom is -0.449 e. The molecule has 1 atom stereocenters. The Morgan fingerprint density at radius 1 is 0.971 bits per heavy atom. The zero-order chi connectivity index (χ0) is 24.6. The molecule has 2 N–H and O–H groups in total. The van der Waals surface area contributed by atoms with Crippen molar-refractivity contribution in [2.75, 3.05) is 0 Å². The molecule has 6 rings (SSSR count). The molecule has 0 heterocycles. The van der Waals surface area contributed by atoms with Crippen LogP contribution in [0, 0.1) is 17.8 Å². The fourth-order valence-electron chi connectivity index (χ4n) is 6.56. The van der Waals surface area contributed by atoms with Crippen molar-refractivity contribution < 1.29 is 22.7 Å². The Morgan fingerprint density at radius 3 is 2.23 bits per heavy atom. The molecule has 4 fully saturated rings. The van der Waals surface area contributed by atoms with E-state index in [0.29, 0.717) is 17.8 Å². The molecule has 2 aromatic carbocycles. The molecule has 4 aliphatic rings. The maximum atomic E-state index is 12.9. The van der Waals surface area contributed by atoms with Crippen molar-refractivity contribution in [2.24, 2.45) is 17.8 Å². The topological polar surface area (TPSA) is 102 Å². The van der Waals surface area contributed by atoms with E-state index in [0.717, 1.165) is 24.8 Å². The highest BCUT2D eigenvalue weighted by molar-refractivity contribution is 7.89. The summed E-state index contributed by atoms with van der Waals surface area (Å²) in [5, 5.41) is 3.23. The van der Waals surface area contributed by atoms with E-state index in [9.17, 15) is 18.0 Å². The fraction of sp³-hybridized carbons (Fsp3) is 0.481. The van der Waals surface area contributed by atoms with Gasteiger partial charge in [0.2, 0.25) is 10.0 Å². The van der Waals surface area contributed by atoms with Gasteiger partial charge >= 0.3 is 5.97 Å². The molecule has 0 aromatic heterocycles. The Labute approximate surface area is 206 Å². The van der Waals surface area contributed by atoms with Crippen LogP contribution in [0.3, 0.4) is 0 Å². The number of nitrogens with one attached hydrogen (secondary N) is 2. The fourth-order valence-corrected chi connectivity index (χ4v) is 7.62. The summed E-state index contributed by atoms with van der Waals surface area (Å²) < 4.78 is 33.5. The molecule has 2 aromatic rings. The van der Waals surface area contributed by atoms with Gasteiger partial charge in [0.15, 0.2) is 6.10 Å². The van der Waals surface area contributed by atoms with Gasteiger partial charge in [0.1, 0.15) is 0 Å². The average molecular weight is 497 g/mol. The quantitative estimate of drug-likeness (QED) is 0.542. The van der Waals surface area contributed by atoms with E-state index in [4.69, 9.17) is 4.74 Å². The third-order valence-electron chi connectivity index (χ3n) is 7.77. The Balaban J connectivity index is 1.20. The molecule has 0 saturated heterocycles. The van der Waals surface area contributed by atoms with Crippen LogP contribution in [0.15, 0.2) is 59.5 Å². The van der Waals surface area contributed by atoms with Gasteiger partial charge in [0, 0.05) is 12.1 Å². The number of carbonyl (C=O) groups excluding carboxylic acids is 2. The molecule has 7 nitrogen and oxygen atoms in total. The number of rotatable bonds is 8. The number of carbonyl (C=O) groups is 2. The van der Waals surface area contributed by atoms with Gasteiger partial charge in [0.05, 0.1) is 10.5 Å². The lowest BCUT2D eigenvalue weighted by Crippen LogP contribution is -2.61. The molecule has 8 heteroatoms. The highest BCUT2D eigenvalue weighted by Crippen LogP contribution is 2.55. The normalized spacial score (nSPS) is 27.9. The van der Waals surface area contributed by atoms with Crippen molar-refractivity contribution in [3.8, 4) is 0 Å². The van der Waals surface area contributed by atoms with Crippen molar-refractivity contribution in [1.82, 2.24) is 10.0 Å². The van der Waals surface area contributed by atoms with Gasteiger partial charge in [-0.2, -0.15) is 0 Å². The van der Waals surface area contributed by atoms with E-state index in [1.807, 2.05) is 30.3 Å². The molecule has 0 spiro atoms. The molecule has 35 heavy (non-hydrogen) atoms. The predicted molar refractivity (Wildman–Crippen MR) is 131 cm³/mol. The molecule has 4 aliphatic carbocycles. The molecular formula is C27H32N2O5S. The second-order valence-corrected chi connectivity index (χ2v) is 12.3. The van der Waals surface area contributed by atoms with Gasteiger partial charge in [-0.1, -0.05) is 36.4 Å². The lowest BCUT2D eigenvalue weighted by Gasteiger charge is -2.57. The second-order valence-electron chi connectivity index (χ2n) is 10.6. The highest BCUT2D eigenvalue weighted by Gasteiger charge is 2.51. The molecule has 186 valence electrons. The first-order valence-electron chi connectivity index (χ1n) is 12.4. The van der Waals surface area contributed by atoms with Crippen molar-refractivity contribution >= 4 is 21.9 Å². The maximum absolute atomic E-state index is 12.9. The minimum atomic E-state index is -3.83. The molecule has 0 aliphatic heterocycles. The summed E-state index contributed by atoms with van der Waals surface area (Å²) >= 11 is 0. The van der Waals surface area contributed by atoms with Crippen LogP contribution >= 0.6 is 0 Å². The van der Waals surface area contributed by atoms with Crippen molar-refractivity contribution in [3.63, 3.8) is 0 Å². The standard InChI is InChI=1S/C27H32N2O5S/c1-18(25(30)29-27-14-20-10-21(15-27)12-22(11-20)16-27)34-26(31)23-8-5-9-24(13-23)35(32,33)28-17-19-6-3-2-4-7-19/h2-9,13,18,20-22,28H,10-12,14-17H2,1H3,(H,29,30)/t18-,20?,21?,22?,27?/m1/s1. The maximum Gasteiger partial charge on any atom is 0.338 e. The van der Waals surface area contributed by atoms with E-state index in [1.165, 1.54) is 43.5 Å². The number of hydrogen-bond donors (Lipinski definition) is 2. The molecular weight excluding hydrogens is 464 g/mol. The van der Waals surface area contributed by atoms with Crippen LogP contribution in [0.4, 0.5) is 0 Å². The van der Waals surface area contributed by atoms with Crippen LogP contribution in [0.2, 0.25) is 0 Å². The van der Waals surface area contributed by atoms with Gasteiger partial charge in [-0.3, -0.25) is 4.79 Å². The van der Waals surface area contributed by atoms with Gasteiger partial charge in [-0.05, 0) is 87.0 Å². The first kappa shape index (κ1) is 24.0. The minimum absolute atomic E-state index is 0.0337. The van der Waals surface area contributed by atoms with Gasteiger partial charge in [-0.25, -0.2) is 17.9 Å². The Morgan fingerprint density at radius 2 is 1.60 bits per heavy atom. The second kappa shape index (κ2) is 9.39. The number of esters is 1. The van der Waals surface area contributed by atoms with Gasteiger partial charge in [-0.15, -0.1) is 0 Å². The molecule has 4 saturated carbocycles. The van der Waals surface area contributed by atoms with E-state index in [1.54, 1.807) is 6.92 Å². The van der Waals surface area contributed by atoms with Crippen LogP contribution in [0.5, 0.6) is 0 Å². The Bertz CT molecular complexity index is 1180. The number of benzene rings is 2. The molecule has 1 amide bonds. The monoisotopic (exact) mass is 496 g/mol. The summed E-state index contributed by atoms with van der Waals surface area (Å²) in [4.78, 5) is 25.7. The number of sulfonamides is 1. The van der Waals surface area contributed by atoms with Crippen molar-refractivity contribution in [2.45, 2.75) is 68.5 Å². The smallest absolute Gasteiger partial charge is 0.338 e. The summed E-state index contributed by atoms with van der Waals surface area (Å²) in [7, 11) is -3.83. The van der Waals surface area contributed by atoms with Crippen LogP contribution in [0.1, 0.15) is 61.4 Å². The van der Waals surface area contributed by atoms with E-state index < -0.39 is 22.1 Å². The van der Waals surface area contributed by atoms with Crippen LogP contribution in [-0.4, -0.2) is 31.9 Å². The van der Waals surface area contributed by atoms with Gasteiger partial charge < -0.3 is 10.1 Å². The third-order valence-corrected chi connectivity index (χ3v) is 9.17. The molecule has 4 bridgehead atoms. The lowest BCUT2D eigenvalue weighted by atomic mass is 9.53. The largest absolute Gasteiger partial charge is 0.449 e. The van der Waals surface area contributed by atoms with E-state index >= 15 is 0 Å². The molecule has 0 unspecified atom stereocenters. The Hall–Kier alpha value is -2.71.